The van der Waals surface area contributed by atoms with Gasteiger partial charge in [0, 0.05) is 28.6 Å². The number of thiocarbonyl (C=S) groups is 1. The Labute approximate surface area is 169 Å². The second kappa shape index (κ2) is 6.98. The average Bonchev–Trinajstić information content (AvgIpc) is 2.86. The van der Waals surface area contributed by atoms with Gasteiger partial charge in [0.15, 0.2) is 5.11 Å². The van der Waals surface area contributed by atoms with Crippen LogP contribution in [0.1, 0.15) is 17.0 Å². The minimum Gasteiger partial charge on any atom is -0.318 e. The van der Waals surface area contributed by atoms with Crippen molar-refractivity contribution >= 4 is 62.8 Å². The van der Waals surface area contributed by atoms with Gasteiger partial charge < -0.3 is 4.57 Å². The zero-order valence-electron chi connectivity index (χ0n) is 14.3. The molecule has 1 aliphatic rings. The molecule has 1 aliphatic heterocycles. The summed E-state index contributed by atoms with van der Waals surface area (Å²) >= 11 is 14.6. The summed E-state index contributed by atoms with van der Waals surface area (Å²) in [6, 6.07) is 7.60. The summed E-state index contributed by atoms with van der Waals surface area (Å²) in [4.78, 5) is 25.8. The van der Waals surface area contributed by atoms with Crippen LogP contribution in [0.5, 0.6) is 0 Å². The van der Waals surface area contributed by atoms with E-state index in [4.69, 9.17) is 23.8 Å². The summed E-state index contributed by atoms with van der Waals surface area (Å²) in [5, 5.41) is 3.22. The molecule has 0 saturated carbocycles. The lowest BCUT2D eigenvalue weighted by Gasteiger charge is -2.25. The molecule has 134 valence electrons. The van der Waals surface area contributed by atoms with Gasteiger partial charge in [-0.05, 0) is 77.9 Å². The average molecular weight is 453 g/mol. The van der Waals surface area contributed by atoms with Crippen molar-refractivity contribution in [2.45, 2.75) is 13.8 Å². The Balaban J connectivity index is 2.08. The lowest BCUT2D eigenvalue weighted by Crippen LogP contribution is -2.52. The number of nitrogens with zero attached hydrogens (tertiary/aromatic N) is 2. The smallest absolute Gasteiger partial charge is 0.265 e. The van der Waals surface area contributed by atoms with Crippen molar-refractivity contribution < 1.29 is 9.59 Å². The second-order valence-electron chi connectivity index (χ2n) is 5.94. The van der Waals surface area contributed by atoms with E-state index < -0.39 is 11.8 Å². The van der Waals surface area contributed by atoms with Crippen molar-refractivity contribution in [3.63, 3.8) is 0 Å². The molecular weight excluding hydrogens is 438 g/mol. The van der Waals surface area contributed by atoms with Gasteiger partial charge in [0.2, 0.25) is 0 Å². The van der Waals surface area contributed by atoms with E-state index in [0.717, 1.165) is 27.1 Å². The number of hydrogen-bond acceptors (Lipinski definition) is 3. The first-order valence-electron chi connectivity index (χ1n) is 7.70. The third kappa shape index (κ3) is 3.22. The number of benzene rings is 1. The van der Waals surface area contributed by atoms with Crippen LogP contribution in [-0.4, -0.2) is 33.4 Å². The van der Waals surface area contributed by atoms with Gasteiger partial charge in [-0.15, -0.1) is 0 Å². The maximum Gasteiger partial charge on any atom is 0.265 e. The van der Waals surface area contributed by atoms with E-state index in [9.17, 15) is 9.59 Å². The Hall–Kier alpha value is -1.96. The van der Waals surface area contributed by atoms with Crippen molar-refractivity contribution in [3.8, 4) is 5.69 Å². The Morgan fingerprint density at radius 1 is 1.23 bits per heavy atom. The number of nitrogens with one attached hydrogen (secondary N) is 1. The molecule has 8 heteroatoms. The summed E-state index contributed by atoms with van der Waals surface area (Å²) < 4.78 is 2.83. The van der Waals surface area contributed by atoms with Crippen molar-refractivity contribution in [1.29, 1.82) is 0 Å². The molecule has 0 radical (unpaired) electrons. The normalized spacial score (nSPS) is 16.4. The van der Waals surface area contributed by atoms with Gasteiger partial charge in [-0.25, -0.2) is 0 Å². The van der Waals surface area contributed by atoms with E-state index in [1.807, 2.05) is 42.7 Å². The molecule has 26 heavy (non-hydrogen) atoms. The summed E-state index contributed by atoms with van der Waals surface area (Å²) in [6.45, 7) is 3.88. The largest absolute Gasteiger partial charge is 0.318 e. The van der Waals surface area contributed by atoms with Crippen molar-refractivity contribution in [2.75, 3.05) is 7.05 Å². The standard InChI is InChI=1S/C18H15BrClN3O2S/c1-9-6-11(7-13-16(24)21-18(26)22(3)17(13)25)10(2)23(9)12-4-5-14(19)15(20)8-12/h4-8H,1-3H3,(H,21,24,26). The molecule has 1 saturated heterocycles. The number of carbonyl (C=O) groups excluding carboxylic acids is 2. The van der Waals surface area contributed by atoms with Crippen molar-refractivity contribution in [2.24, 2.45) is 0 Å². The quantitative estimate of drug-likeness (QED) is 0.429. The molecule has 5 nitrogen and oxygen atoms in total. The van der Waals surface area contributed by atoms with Crippen LogP contribution in [0.4, 0.5) is 0 Å². The number of amides is 2. The molecule has 0 bridgehead atoms. The monoisotopic (exact) mass is 451 g/mol. The van der Waals surface area contributed by atoms with E-state index in [1.54, 1.807) is 6.08 Å². The van der Waals surface area contributed by atoms with Gasteiger partial charge in [0.05, 0.1) is 5.02 Å². The predicted molar refractivity (Wildman–Crippen MR) is 109 cm³/mol. The molecule has 0 atom stereocenters. The van der Waals surface area contributed by atoms with Crippen LogP contribution in [0.2, 0.25) is 5.02 Å². The molecule has 0 spiro atoms. The van der Waals surface area contributed by atoms with Gasteiger partial charge >= 0.3 is 0 Å². The maximum absolute atomic E-state index is 12.4. The maximum atomic E-state index is 12.4. The molecule has 2 heterocycles. The van der Waals surface area contributed by atoms with Gasteiger partial charge in [0.1, 0.15) is 5.57 Å². The van der Waals surface area contributed by atoms with Gasteiger partial charge in [-0.3, -0.25) is 19.8 Å². The minimum absolute atomic E-state index is 0.0511. The zero-order chi connectivity index (χ0) is 19.2. The number of aryl methyl sites for hydroxylation is 1. The molecule has 1 aromatic heterocycles. The molecule has 2 aromatic rings. The van der Waals surface area contributed by atoms with Crippen LogP contribution in [0, 0.1) is 13.8 Å². The van der Waals surface area contributed by atoms with Gasteiger partial charge in [0.25, 0.3) is 11.8 Å². The van der Waals surface area contributed by atoms with E-state index in [0.29, 0.717) is 5.02 Å². The topological polar surface area (TPSA) is 54.3 Å². The molecule has 1 N–H and O–H groups in total. The Morgan fingerprint density at radius 2 is 1.92 bits per heavy atom. The highest BCUT2D eigenvalue weighted by Crippen LogP contribution is 2.29. The summed E-state index contributed by atoms with van der Waals surface area (Å²) in [6.07, 6.45) is 1.59. The lowest BCUT2D eigenvalue weighted by atomic mass is 10.1. The molecule has 2 amide bonds. The Morgan fingerprint density at radius 3 is 2.58 bits per heavy atom. The summed E-state index contributed by atoms with van der Waals surface area (Å²) in [5.74, 6) is -0.912. The highest BCUT2D eigenvalue weighted by molar-refractivity contribution is 9.10. The van der Waals surface area contributed by atoms with Crippen LogP contribution in [0.3, 0.4) is 0 Å². The zero-order valence-corrected chi connectivity index (χ0v) is 17.4. The summed E-state index contributed by atoms with van der Waals surface area (Å²) in [7, 11) is 1.53. The van der Waals surface area contributed by atoms with Crippen molar-refractivity contribution in [1.82, 2.24) is 14.8 Å². The van der Waals surface area contributed by atoms with Crippen LogP contribution >= 0.6 is 39.7 Å². The molecule has 1 aromatic carbocycles. The first-order chi connectivity index (χ1) is 12.2. The first-order valence-corrected chi connectivity index (χ1v) is 9.28. The predicted octanol–water partition coefficient (Wildman–Crippen LogP) is 3.77. The highest BCUT2D eigenvalue weighted by Gasteiger charge is 2.31. The number of rotatable bonds is 2. The highest BCUT2D eigenvalue weighted by atomic mass is 79.9. The number of carbonyl (C=O) groups is 2. The third-order valence-corrected chi connectivity index (χ3v) is 5.84. The fraction of sp³-hybridized carbons (Fsp3) is 0.167. The lowest BCUT2D eigenvalue weighted by molar-refractivity contribution is -0.128. The van der Waals surface area contributed by atoms with Crippen LogP contribution in [-0.2, 0) is 9.59 Å². The fourth-order valence-electron chi connectivity index (χ4n) is 2.86. The number of halogens is 2. The minimum atomic E-state index is -0.491. The number of likely N-dealkylation sites (N-methyl/N-ethyl adjacent to an activating group) is 1. The molecule has 0 aliphatic carbocycles. The van der Waals surface area contributed by atoms with Gasteiger partial charge in [-0.2, -0.15) is 0 Å². The van der Waals surface area contributed by atoms with Crippen molar-refractivity contribution in [3.05, 3.63) is 56.3 Å². The molecule has 0 unspecified atom stereocenters. The molecule has 1 fully saturated rings. The Kier molecular flexibility index (Phi) is 5.05. The third-order valence-electron chi connectivity index (χ3n) is 4.24. The van der Waals surface area contributed by atoms with Crippen LogP contribution in [0.15, 0.2) is 34.3 Å². The van der Waals surface area contributed by atoms with E-state index >= 15 is 0 Å². The number of hydrogen-bond donors (Lipinski definition) is 1. The first kappa shape index (κ1) is 18.8. The molecule has 3 rings (SSSR count). The SMILES string of the molecule is Cc1cc(C=C2C(=O)NC(=S)N(C)C2=O)c(C)n1-c1ccc(Br)c(Cl)c1. The second-order valence-corrected chi connectivity index (χ2v) is 7.59. The number of aromatic nitrogens is 1. The fourth-order valence-corrected chi connectivity index (χ4v) is 3.45. The van der Waals surface area contributed by atoms with Crippen LogP contribution < -0.4 is 5.32 Å². The van der Waals surface area contributed by atoms with E-state index in [1.165, 1.54) is 11.9 Å². The molecular formula is C18H15BrClN3O2S. The van der Waals surface area contributed by atoms with E-state index in [2.05, 4.69) is 21.2 Å². The summed E-state index contributed by atoms with van der Waals surface area (Å²) in [5.41, 5.74) is 3.58. The Bertz CT molecular complexity index is 997. The van der Waals surface area contributed by atoms with E-state index in [-0.39, 0.29) is 10.7 Å². The van der Waals surface area contributed by atoms with Crippen LogP contribution in [0.25, 0.3) is 11.8 Å². The van der Waals surface area contributed by atoms with Gasteiger partial charge in [-0.1, -0.05) is 11.6 Å².